The zero-order valence-corrected chi connectivity index (χ0v) is 19.7. The van der Waals surface area contributed by atoms with Crippen molar-refractivity contribution >= 4 is 59.7 Å². The molecular weight excluding hydrogens is 445 g/mol. The van der Waals surface area contributed by atoms with Gasteiger partial charge in [0.25, 0.3) is 0 Å². The molecule has 12 heteroatoms. The Bertz CT molecular complexity index is 907. The number of hydrogen-bond donors (Lipinski definition) is 3. The molecule has 1 fully saturated rings. The molecule has 1 aromatic rings. The fourth-order valence-corrected chi connectivity index (χ4v) is 7.13. The van der Waals surface area contributed by atoms with Crippen LogP contribution < -0.4 is 5.32 Å². The van der Waals surface area contributed by atoms with Crippen molar-refractivity contribution in [1.82, 2.24) is 14.1 Å². The van der Waals surface area contributed by atoms with E-state index in [1.165, 1.54) is 23.1 Å². The van der Waals surface area contributed by atoms with E-state index in [1.807, 2.05) is 14.0 Å². The van der Waals surface area contributed by atoms with Crippen LogP contribution in [0.15, 0.2) is 17.5 Å². The van der Waals surface area contributed by atoms with E-state index in [9.17, 15) is 0 Å². The number of hydrogen-bond acceptors (Lipinski definition) is 11. The van der Waals surface area contributed by atoms with Crippen molar-refractivity contribution in [2.75, 3.05) is 7.05 Å². The van der Waals surface area contributed by atoms with Crippen LogP contribution in [0, 0.1) is 17.2 Å². The molecule has 8 atom stereocenters. The molecule has 8 unspecified atom stereocenters. The lowest BCUT2D eigenvalue weighted by Crippen LogP contribution is -2.56. The lowest BCUT2D eigenvalue weighted by Gasteiger charge is -2.41. The molecule has 0 bridgehead atoms. The van der Waals surface area contributed by atoms with Crippen molar-refractivity contribution in [1.29, 1.82) is 5.41 Å². The monoisotopic (exact) mass is 468 g/mol. The van der Waals surface area contributed by atoms with E-state index in [-0.39, 0.29) is 47.8 Å². The molecule has 0 aromatic carbocycles. The van der Waals surface area contributed by atoms with Gasteiger partial charge >= 0.3 is 0 Å². The first-order valence-corrected chi connectivity index (χ1v) is 11.9. The summed E-state index contributed by atoms with van der Waals surface area (Å²) in [6, 6.07) is 0.148. The Kier molecular flexibility index (Phi) is 6.35. The molecule has 1 saturated carbocycles. The molecule has 1 aromatic heterocycles. The highest BCUT2D eigenvalue weighted by atomic mass is 32.1. The molecule has 0 saturated heterocycles. The zero-order valence-electron chi connectivity index (χ0n) is 16.4. The first kappa shape index (κ1) is 21.3. The van der Waals surface area contributed by atoms with Crippen molar-refractivity contribution in [3.8, 4) is 0 Å². The maximum absolute atomic E-state index is 8.59. The van der Waals surface area contributed by atoms with E-state index in [0.717, 1.165) is 24.2 Å². The van der Waals surface area contributed by atoms with E-state index in [0.29, 0.717) is 11.4 Å². The number of thiol groups is 1. The van der Waals surface area contributed by atoms with Gasteiger partial charge < -0.3 is 10.7 Å². The van der Waals surface area contributed by atoms with Gasteiger partial charge in [-0.25, -0.2) is 17.5 Å². The van der Waals surface area contributed by atoms with Crippen LogP contribution in [-0.4, -0.2) is 51.4 Å². The minimum Gasteiger partial charge on any atom is -0.314 e. The first-order valence-electron chi connectivity index (χ1n) is 9.72. The highest BCUT2D eigenvalue weighted by Gasteiger charge is 2.48. The molecule has 2 N–H and O–H groups in total. The third kappa shape index (κ3) is 3.46. The zero-order chi connectivity index (χ0) is 20.7. The smallest absolute Gasteiger partial charge is 0.0961 e. The molecule has 4 rings (SSSR count). The molecule has 29 heavy (non-hydrogen) atoms. The summed E-state index contributed by atoms with van der Waals surface area (Å²) in [5.74, 6) is 0.335. The van der Waals surface area contributed by atoms with Gasteiger partial charge in [0.2, 0.25) is 0 Å². The van der Waals surface area contributed by atoms with Crippen molar-refractivity contribution in [3.63, 3.8) is 0 Å². The lowest BCUT2D eigenvalue weighted by molar-refractivity contribution is 0.308. The van der Waals surface area contributed by atoms with Crippen LogP contribution in [0.3, 0.4) is 0 Å². The molecule has 2 aliphatic carbocycles. The fraction of sp³-hybridized carbons (Fsp3) is 0.765. The van der Waals surface area contributed by atoms with Crippen molar-refractivity contribution in [2.45, 2.75) is 62.7 Å². The SMILES string of the molecule is CNC1C(C)C(=N)C(=NS)C(CCC2c3nsnc3C(C)C3N=S=NC23)C1N=S. The Balaban J connectivity index is 1.61. The van der Waals surface area contributed by atoms with Gasteiger partial charge in [-0.05, 0) is 32.7 Å². The molecule has 0 amide bonds. The number of rotatable bonds is 5. The summed E-state index contributed by atoms with van der Waals surface area (Å²) in [6.45, 7) is 4.18. The molecule has 3 aliphatic rings. The maximum atomic E-state index is 8.59. The largest absolute Gasteiger partial charge is 0.314 e. The Labute approximate surface area is 189 Å². The molecular formula is C17H24N8S4. The molecule has 0 radical (unpaired) electrons. The van der Waals surface area contributed by atoms with Gasteiger partial charge in [-0.1, -0.05) is 13.8 Å². The van der Waals surface area contributed by atoms with Crippen LogP contribution in [-0.2, 0) is 23.8 Å². The second kappa shape index (κ2) is 8.66. The predicted molar refractivity (Wildman–Crippen MR) is 123 cm³/mol. The third-order valence-corrected chi connectivity index (χ3v) is 8.38. The molecule has 0 spiro atoms. The minimum atomic E-state index is -0.129. The van der Waals surface area contributed by atoms with E-state index in [1.54, 1.807) is 0 Å². The summed E-state index contributed by atoms with van der Waals surface area (Å²) in [7, 11) is 1.90. The summed E-state index contributed by atoms with van der Waals surface area (Å²) >= 11 is 11.9. The standard InChI is InChI=1S/C17H24N8S4/c1-6-10(18)14(20-26)8(15(21-27)11(6)19-3)4-5-9-16-12(22-28-24-16)7(2)13-17(9)25-29-23-13/h6-9,11-12,15-16,18-19,26H,4-5H2,1-3H3. The third-order valence-electron chi connectivity index (χ3n) is 6.69. The Morgan fingerprint density at radius 1 is 1.10 bits per heavy atom. The highest BCUT2D eigenvalue weighted by Crippen LogP contribution is 2.45. The number of nitrogens with zero attached hydrogens (tertiary/aromatic N) is 6. The Hall–Kier alpha value is -0.950. The second-order valence-corrected chi connectivity index (χ2v) is 9.51. The topological polar surface area (TPSA) is 111 Å². The number of fused-ring (bicyclic) bond motifs is 2. The maximum Gasteiger partial charge on any atom is 0.0961 e. The number of aromatic nitrogens is 2. The number of nitrogens with one attached hydrogen (secondary N) is 2. The van der Waals surface area contributed by atoms with Crippen LogP contribution in [0.5, 0.6) is 0 Å². The van der Waals surface area contributed by atoms with E-state index in [4.69, 9.17) is 22.2 Å². The molecule has 156 valence electrons. The summed E-state index contributed by atoms with van der Waals surface area (Å²) in [5, 5.41) is 11.9. The fourth-order valence-electron chi connectivity index (χ4n) is 5.04. The van der Waals surface area contributed by atoms with Gasteiger partial charge in [-0.15, -0.1) is 0 Å². The van der Waals surface area contributed by atoms with Crippen LogP contribution in [0.4, 0.5) is 0 Å². The summed E-state index contributed by atoms with van der Waals surface area (Å²) in [5.41, 5.74) is 3.34. The van der Waals surface area contributed by atoms with Crippen molar-refractivity contribution in [2.24, 2.45) is 29.3 Å². The predicted octanol–water partition coefficient (Wildman–Crippen LogP) is 2.98. The van der Waals surface area contributed by atoms with Crippen LogP contribution in [0.2, 0.25) is 0 Å². The molecule has 8 nitrogen and oxygen atoms in total. The molecule has 1 aliphatic heterocycles. The summed E-state index contributed by atoms with van der Waals surface area (Å²) in [4.78, 5) is 0. The van der Waals surface area contributed by atoms with E-state index < -0.39 is 0 Å². The molecule has 2 heterocycles. The van der Waals surface area contributed by atoms with Crippen molar-refractivity contribution in [3.05, 3.63) is 11.4 Å². The minimum absolute atomic E-state index is 0.0150. The van der Waals surface area contributed by atoms with Gasteiger partial charge in [0.15, 0.2) is 0 Å². The number of likely N-dealkylation sites (N-methyl/N-ethyl adjacent to an activating group) is 1. The van der Waals surface area contributed by atoms with Gasteiger partial charge in [-0.2, -0.15) is 8.75 Å². The Morgan fingerprint density at radius 2 is 1.79 bits per heavy atom. The average molecular weight is 469 g/mol. The second-order valence-electron chi connectivity index (χ2n) is 7.99. The van der Waals surface area contributed by atoms with Gasteiger partial charge in [0.05, 0.1) is 64.0 Å². The first-order chi connectivity index (χ1) is 14.0. The normalized spacial score (nSPS) is 39.9. The van der Waals surface area contributed by atoms with Crippen LogP contribution >= 0.6 is 24.5 Å². The van der Waals surface area contributed by atoms with Crippen molar-refractivity contribution < 1.29 is 0 Å². The van der Waals surface area contributed by atoms with Crippen LogP contribution in [0.1, 0.15) is 49.9 Å². The summed E-state index contributed by atoms with van der Waals surface area (Å²) < 4.78 is 27.0. The highest BCUT2D eigenvalue weighted by molar-refractivity contribution is 7.79. The quantitative estimate of drug-likeness (QED) is 0.577. The van der Waals surface area contributed by atoms with E-state index in [2.05, 4.69) is 46.9 Å². The average Bonchev–Trinajstić information content (AvgIpc) is 3.40. The lowest BCUT2D eigenvalue weighted by atomic mass is 9.69. The van der Waals surface area contributed by atoms with Crippen LogP contribution in [0.25, 0.3) is 0 Å². The van der Waals surface area contributed by atoms with E-state index >= 15 is 0 Å². The van der Waals surface area contributed by atoms with Gasteiger partial charge in [-0.3, -0.25) is 0 Å². The van der Waals surface area contributed by atoms with Gasteiger partial charge in [0, 0.05) is 42.1 Å². The Morgan fingerprint density at radius 3 is 2.48 bits per heavy atom. The summed E-state index contributed by atoms with van der Waals surface area (Å²) in [6.07, 6.45) is 1.64. The van der Waals surface area contributed by atoms with Gasteiger partial charge in [0.1, 0.15) is 0 Å².